The molecule has 1 saturated carbocycles. The Morgan fingerprint density at radius 1 is 0.761 bits per heavy atom. The van der Waals surface area contributed by atoms with Crippen LogP contribution in [0.1, 0.15) is 135 Å². The maximum absolute atomic E-state index is 15.2. The number of carbonyl (C=O) groups excluding carboxylic acids is 10. The number of anilines is 3. The first kappa shape index (κ1) is 101. The molecule has 134 heavy (non-hydrogen) atoms. The van der Waals surface area contributed by atoms with Gasteiger partial charge in [0.25, 0.3) is 17.4 Å². The minimum Gasteiger partial charge on any atom is -0.496 e. The summed E-state index contributed by atoms with van der Waals surface area (Å²) in [6.45, 7) is 6.64. The largest absolute Gasteiger partial charge is 0.496 e. The van der Waals surface area contributed by atoms with E-state index in [1.807, 2.05) is 54.4 Å². The number of hydrogen-bond donors (Lipinski definition) is 23. The van der Waals surface area contributed by atoms with Gasteiger partial charge in [0.15, 0.2) is 22.7 Å². The van der Waals surface area contributed by atoms with E-state index in [4.69, 9.17) is 35.9 Å². The van der Waals surface area contributed by atoms with Gasteiger partial charge in [-0.15, -0.1) is 0 Å². The van der Waals surface area contributed by atoms with E-state index in [1.165, 1.54) is 36.0 Å². The Bertz CT molecular complexity index is 5610. The average Bonchev–Trinajstić information content (AvgIpc) is 1.47. The number of aliphatic hydroxyl groups excluding tert-OH is 1. The third-order valence-corrected chi connectivity index (χ3v) is 27.6. The predicted octanol–water partition coefficient (Wildman–Crippen LogP) is -1.44. The molecule has 3 fully saturated rings. The number of H-pyrrole nitrogens is 2. The SMILES string of the molecule is CC[C@]1(O)C[C@@H]2C[C@H](c3cc4c(cc3OC)N(C)C3C45CCN4CC=C[C@](CC)([C@H]45)[C@@H](O)[C@@]3(O)C(=O)NNC(=O)OCCSSC[C@H](NC(=O)[C@H](CC(=O)O)NC(=O)[C@H](CC(=O)O)NC(=O)[C@H](CCCNC(=N)N)NC(=O)[C@H](CC(=O)O)NC(=O)CC[C@H](NC(=O)c3ccc(NCc4cnc5nc(N)[nH]c(=O)c5n4)cc3)C(=O)O)C(=O)O)c3[nH]c4ccccc4c3CCN(C2)C1.O=C=O. The van der Waals surface area contributed by atoms with Crippen LogP contribution in [0.4, 0.5) is 22.1 Å². The number of likely N-dealkylation sites (N-methyl/N-ethyl adjacent to an activating group) is 1. The number of methoxy groups -OCH3 is 1. The molecular weight excluding hydrogens is 1800 g/mol. The molecule has 6 aromatic rings. The number of aromatic nitrogens is 5. The minimum atomic E-state index is -2.65. The van der Waals surface area contributed by atoms with E-state index < -0.39 is 210 Å². The van der Waals surface area contributed by atoms with E-state index in [9.17, 15) is 103 Å². The number of nitrogens with one attached hydrogen (secondary N) is 13. The molecule has 8 heterocycles. The number of para-hydroxylation sites is 1. The molecule has 0 radical (unpaired) electrons. The van der Waals surface area contributed by atoms with Gasteiger partial charge in [0.2, 0.25) is 35.5 Å². The van der Waals surface area contributed by atoms with E-state index in [0.717, 1.165) is 68.8 Å². The summed E-state index contributed by atoms with van der Waals surface area (Å²) in [5, 5.41) is 116. The zero-order valence-electron chi connectivity index (χ0n) is 73.2. The number of fused-ring (bicyclic) bond motifs is 7. The predicted molar refractivity (Wildman–Crippen MR) is 478 cm³/mol. The summed E-state index contributed by atoms with van der Waals surface area (Å²) in [4.78, 5) is 227. The number of benzene rings is 3. The number of nitrogen functional groups attached to an aromatic ring is 1. The Balaban J connectivity index is 0.00000568. The Morgan fingerprint density at radius 3 is 2.04 bits per heavy atom. The number of guanidine groups is 1. The number of nitrogens with two attached hydrogens (primary N) is 2. The fraction of sp³-hybridized carbons (Fsp3) is 0.494. The second-order valence-corrected chi connectivity index (χ2v) is 36.2. The van der Waals surface area contributed by atoms with Crippen LogP contribution in [-0.4, -0.2) is 302 Å². The minimum absolute atomic E-state index is 0.0254. The zero-order valence-corrected chi connectivity index (χ0v) is 74.8. The van der Waals surface area contributed by atoms with Crippen molar-refractivity contribution >= 4 is 150 Å². The van der Waals surface area contributed by atoms with Crippen LogP contribution in [0.2, 0.25) is 0 Å². The molecule has 6 aliphatic rings. The highest BCUT2D eigenvalue weighted by atomic mass is 33.1. The lowest BCUT2D eigenvalue weighted by Crippen LogP contribution is -2.82. The maximum atomic E-state index is 15.2. The van der Waals surface area contributed by atoms with Gasteiger partial charge in [0.05, 0.1) is 56.5 Å². The number of aromatic amines is 2. The van der Waals surface area contributed by atoms with Crippen LogP contribution in [0, 0.1) is 16.7 Å². The molecule has 2 bridgehead atoms. The summed E-state index contributed by atoms with van der Waals surface area (Å²) >= 11 is 0. The summed E-state index contributed by atoms with van der Waals surface area (Å²) < 4.78 is 11.8. The number of nitrogens with zero attached hydrogens (tertiary/aromatic N) is 6. The number of hydrazine groups is 1. The molecule has 5 aliphatic heterocycles. The molecule has 8 amide bonds. The van der Waals surface area contributed by atoms with Crippen LogP contribution in [0.3, 0.4) is 0 Å². The fourth-order valence-electron chi connectivity index (χ4n) is 19.3. The van der Waals surface area contributed by atoms with E-state index >= 15 is 4.79 Å². The first-order chi connectivity index (χ1) is 63.7. The number of rotatable bonds is 40. The van der Waals surface area contributed by atoms with Gasteiger partial charge in [-0.1, -0.05) is 65.8 Å². The highest BCUT2D eigenvalue weighted by molar-refractivity contribution is 8.76. The standard InChI is InChI=1S/C84H107N21O24S2.CO2/c1-5-81(126)35-41-29-48(63-46(20-25-104(38-41)40-81)45-11-7-8-12-50(45)93-63)47-30-49-57(34-58(47)128-4)103(3)75-83(49)22-26-105-24-10-21-82(6-2,74(83)105)76(123)84(75,127)77(124)101-102-80(125)129-27-28-130-131-39-56(73(121)122)98-70(117)55(33-62(111)112)97-69(116)54(32-61(109)110)96-67(114)51(13-9-23-88-78(85)86)94-68(115)53(31-60(107)108)92-59(106)19-18-52(72(119)120)95-66(113)42-14-16-43(17-15-42)89-36-44-37-90-65-64(91-44)71(118)100-79(87)99-65;2-1-3/h7-8,10-12,14-17,21,30,34,37,41,48,51-56,74-76,89,93,123,126-127H,5-6,9,13,18-20,22-29,31-33,35-36,38-40H2,1-4H3,(H,92,106)(H,94,115)(H,95,113)(H,96,114)(H,97,116)(H,98,117)(H,101,124)(H,102,125)(H,107,108)(H,109,110)(H,111,112)(H,119,120)(H,121,122)(H4,85,86,88)(H3,87,90,99,100,118);/t41-,48+,51-,52-,53-,54-,55-,56-,74-,75?,76+,81-,82+,83?,84+;/m0./s1. The molecule has 2 saturated heterocycles. The Labute approximate surface area is 771 Å². The number of carboxylic acid groups (broad SMARTS) is 5. The molecule has 1 aliphatic carbocycles. The summed E-state index contributed by atoms with van der Waals surface area (Å²) in [7, 11) is 5.14. The van der Waals surface area contributed by atoms with Crippen LogP contribution >= 0.6 is 21.6 Å². The quantitative estimate of drug-likeness (QED) is 0.00523. The van der Waals surface area contributed by atoms with Crippen molar-refractivity contribution in [3.05, 3.63) is 123 Å². The van der Waals surface area contributed by atoms with Gasteiger partial charge in [-0.05, 0) is 118 Å². The molecule has 3 unspecified atom stereocenters. The lowest BCUT2D eigenvalue weighted by atomic mass is 9.47. The Kier molecular flexibility index (Phi) is 33.0. The summed E-state index contributed by atoms with van der Waals surface area (Å²) in [5.41, 5.74) is 15.5. The van der Waals surface area contributed by atoms with Gasteiger partial charge in [0.1, 0.15) is 54.7 Å². The zero-order chi connectivity index (χ0) is 97.4. The van der Waals surface area contributed by atoms with Crippen LogP contribution in [-0.2, 0) is 85.4 Å². The number of carbonyl (C=O) groups is 13. The van der Waals surface area contributed by atoms with Crippen molar-refractivity contribution in [3.8, 4) is 5.75 Å². The first-order valence-electron chi connectivity index (χ1n) is 42.9. The number of piperidine rings is 1. The lowest BCUT2D eigenvalue weighted by molar-refractivity contribution is -0.204. The van der Waals surface area contributed by atoms with Gasteiger partial charge in [0, 0.05) is 126 Å². The molecule has 720 valence electrons. The summed E-state index contributed by atoms with van der Waals surface area (Å²) in [5.74, 6) is -18.1. The van der Waals surface area contributed by atoms with E-state index in [-0.39, 0.29) is 72.5 Å². The van der Waals surface area contributed by atoms with E-state index in [0.29, 0.717) is 74.6 Å². The molecule has 49 heteroatoms. The topological polar surface area (TPSA) is 730 Å². The molecule has 3 aromatic carbocycles. The Hall–Kier alpha value is -13.6. The number of aliphatic carboxylic acids is 5. The molecular formula is C85H107N21O26S2. The van der Waals surface area contributed by atoms with Crippen molar-refractivity contribution in [3.63, 3.8) is 0 Å². The third-order valence-electron chi connectivity index (χ3n) is 25.2. The Morgan fingerprint density at radius 2 is 1.40 bits per heavy atom. The molecule has 47 nitrogen and oxygen atoms in total. The highest BCUT2D eigenvalue weighted by Crippen LogP contribution is 2.67. The molecule has 12 rings (SSSR count). The van der Waals surface area contributed by atoms with Crippen molar-refractivity contribution in [2.45, 2.75) is 181 Å². The van der Waals surface area contributed by atoms with Gasteiger partial charge in [-0.2, -0.15) is 14.6 Å². The van der Waals surface area contributed by atoms with Crippen molar-refractivity contribution < 1.29 is 122 Å². The maximum Gasteiger partial charge on any atom is 0.426 e. The first-order valence-corrected chi connectivity index (χ1v) is 45.4. The average molecular weight is 1900 g/mol. The fourth-order valence-corrected chi connectivity index (χ4v) is 21.3. The van der Waals surface area contributed by atoms with Crippen LogP contribution in [0.15, 0.2) is 83.8 Å². The normalized spacial score (nSPS) is 23.1. The number of hydrogen-bond acceptors (Lipinski definition) is 32. The monoisotopic (exact) mass is 1900 g/mol. The number of aliphatic hydroxyl groups is 3. The number of amides is 8. The molecule has 16 atom stereocenters. The van der Waals surface area contributed by atoms with Crippen molar-refractivity contribution in [1.29, 1.82) is 5.41 Å². The third kappa shape index (κ3) is 22.8. The molecule has 1 spiro atoms. The molecule has 3 aromatic heterocycles. The van der Waals surface area contributed by atoms with E-state index in [1.54, 1.807) is 14.2 Å². The summed E-state index contributed by atoms with van der Waals surface area (Å²) in [6.07, 6.45) is 0.134. The van der Waals surface area contributed by atoms with Gasteiger partial charge in [-0.25, -0.2) is 29.8 Å². The molecule has 25 N–H and O–H groups in total. The second-order valence-electron chi connectivity index (χ2n) is 33.6. The van der Waals surface area contributed by atoms with Crippen molar-refractivity contribution in [1.82, 2.24) is 82.8 Å². The van der Waals surface area contributed by atoms with Gasteiger partial charge in [-0.3, -0.25) is 78.4 Å². The van der Waals surface area contributed by atoms with Crippen LogP contribution in [0.25, 0.3) is 22.1 Å². The van der Waals surface area contributed by atoms with Gasteiger partial charge < -0.3 is 114 Å². The van der Waals surface area contributed by atoms with Crippen LogP contribution < -0.4 is 80.0 Å². The van der Waals surface area contributed by atoms with Crippen molar-refractivity contribution in [2.75, 3.05) is 87.5 Å². The highest BCUT2D eigenvalue weighted by Gasteiger charge is 2.79. The summed E-state index contributed by atoms with van der Waals surface area (Å²) in [6, 6.07) is 4.54. The lowest BCUT2D eigenvalue weighted by Gasteiger charge is -2.63. The van der Waals surface area contributed by atoms with Crippen molar-refractivity contribution in [2.24, 2.45) is 17.1 Å². The van der Waals surface area contributed by atoms with Crippen LogP contribution in [0.5, 0.6) is 5.75 Å². The number of ether oxygens (including phenoxy) is 2. The second kappa shape index (κ2) is 43.9. The van der Waals surface area contributed by atoms with E-state index in [2.05, 4.69) is 101 Å². The number of carboxylic acids is 5. The smallest absolute Gasteiger partial charge is 0.426 e. The van der Waals surface area contributed by atoms with Gasteiger partial charge >= 0.3 is 42.1 Å².